The summed E-state index contributed by atoms with van der Waals surface area (Å²) in [6.45, 7) is 3.93. The highest BCUT2D eigenvalue weighted by Crippen LogP contribution is 2.43. The van der Waals surface area contributed by atoms with Crippen molar-refractivity contribution in [1.29, 1.82) is 5.26 Å². The number of carbonyl (C=O) groups excluding carboxylic acids is 1. The molecule has 0 aromatic heterocycles. The van der Waals surface area contributed by atoms with E-state index in [0.29, 0.717) is 5.75 Å². The molecule has 0 saturated carbocycles. The predicted octanol–water partition coefficient (Wildman–Crippen LogP) is 2.44. The number of anilines is 1. The van der Waals surface area contributed by atoms with Gasteiger partial charge in [0.15, 0.2) is 0 Å². The number of carbonyl (C=O) groups is 1. The van der Waals surface area contributed by atoms with Gasteiger partial charge in [0.05, 0.1) is 5.41 Å². The number of thiocyanates is 1. The van der Waals surface area contributed by atoms with Crippen LogP contribution in [0.25, 0.3) is 0 Å². The smallest absolute Gasteiger partial charge is 0.238 e. The van der Waals surface area contributed by atoms with E-state index in [4.69, 9.17) is 5.26 Å². The maximum Gasteiger partial charge on any atom is 0.238 e. The Morgan fingerprint density at radius 2 is 2.24 bits per heavy atom. The second kappa shape index (κ2) is 4.08. The van der Waals surface area contributed by atoms with E-state index in [-0.39, 0.29) is 5.91 Å². The number of fused-ring (bicyclic) bond motifs is 1. The Balaban J connectivity index is 2.53. The number of likely N-dealkylation sites (N-methyl/N-ethyl adjacent to an activating group) is 1. The second-order valence-electron chi connectivity index (χ2n) is 4.60. The van der Waals surface area contributed by atoms with Crippen LogP contribution in [0.4, 0.5) is 5.69 Å². The summed E-state index contributed by atoms with van der Waals surface area (Å²) in [4.78, 5) is 14.0. The second-order valence-corrected chi connectivity index (χ2v) is 5.36. The lowest BCUT2D eigenvalue weighted by atomic mass is 9.85. The first-order valence-electron chi connectivity index (χ1n) is 5.41. The number of benzene rings is 1. The molecule has 2 rings (SSSR count). The molecule has 0 N–H and O–H groups in total. The van der Waals surface area contributed by atoms with Crippen LogP contribution in [-0.2, 0) is 10.2 Å². The Hall–Kier alpha value is -1.47. The topological polar surface area (TPSA) is 44.1 Å². The van der Waals surface area contributed by atoms with Crippen molar-refractivity contribution in [3.05, 3.63) is 29.3 Å². The molecule has 0 spiro atoms. The number of thioether (sulfide) groups is 1. The summed E-state index contributed by atoms with van der Waals surface area (Å²) in [6, 6.07) is 6.03. The van der Waals surface area contributed by atoms with E-state index in [1.807, 2.05) is 31.4 Å². The maximum absolute atomic E-state index is 12.3. The van der Waals surface area contributed by atoms with Crippen molar-refractivity contribution < 1.29 is 4.79 Å². The first kappa shape index (κ1) is 12.0. The molecule has 17 heavy (non-hydrogen) atoms. The van der Waals surface area contributed by atoms with Crippen molar-refractivity contribution in [2.24, 2.45) is 0 Å². The first-order chi connectivity index (χ1) is 8.00. The summed E-state index contributed by atoms with van der Waals surface area (Å²) in [5, 5.41) is 10.7. The lowest BCUT2D eigenvalue weighted by Gasteiger charge is -2.21. The van der Waals surface area contributed by atoms with Crippen LogP contribution >= 0.6 is 11.8 Å². The molecule has 0 saturated heterocycles. The van der Waals surface area contributed by atoms with E-state index in [0.717, 1.165) is 28.6 Å². The van der Waals surface area contributed by atoms with Gasteiger partial charge in [-0.1, -0.05) is 17.7 Å². The molecule has 1 unspecified atom stereocenters. The average Bonchev–Trinajstić information content (AvgIpc) is 2.50. The third-order valence-corrected chi connectivity index (χ3v) is 4.16. The lowest BCUT2D eigenvalue weighted by Crippen LogP contribution is -2.38. The first-order valence-corrected chi connectivity index (χ1v) is 6.39. The molecular weight excluding hydrogens is 232 g/mol. The Labute approximate surface area is 105 Å². The molecule has 0 fully saturated rings. The molecular formula is C13H14N2OS. The van der Waals surface area contributed by atoms with Gasteiger partial charge < -0.3 is 4.90 Å². The number of amides is 1. The summed E-state index contributed by atoms with van der Waals surface area (Å²) < 4.78 is 0. The van der Waals surface area contributed by atoms with Gasteiger partial charge in [0.25, 0.3) is 0 Å². The van der Waals surface area contributed by atoms with E-state index in [9.17, 15) is 4.79 Å². The summed E-state index contributed by atoms with van der Waals surface area (Å²) in [7, 11) is 1.79. The minimum atomic E-state index is -0.573. The molecule has 0 bridgehead atoms. The third kappa shape index (κ3) is 1.71. The van der Waals surface area contributed by atoms with Gasteiger partial charge in [-0.25, -0.2) is 0 Å². The van der Waals surface area contributed by atoms with E-state index in [1.54, 1.807) is 11.9 Å². The molecule has 1 heterocycles. The Kier molecular flexibility index (Phi) is 2.88. The zero-order valence-corrected chi connectivity index (χ0v) is 11.0. The van der Waals surface area contributed by atoms with Crippen molar-refractivity contribution in [1.82, 2.24) is 0 Å². The van der Waals surface area contributed by atoms with E-state index < -0.39 is 5.41 Å². The van der Waals surface area contributed by atoms with Gasteiger partial charge in [-0.3, -0.25) is 4.79 Å². The molecule has 1 amide bonds. The maximum atomic E-state index is 12.3. The van der Waals surface area contributed by atoms with Gasteiger partial charge in [0, 0.05) is 18.5 Å². The van der Waals surface area contributed by atoms with Crippen LogP contribution in [0, 0.1) is 17.6 Å². The van der Waals surface area contributed by atoms with Crippen LogP contribution in [0.3, 0.4) is 0 Å². The van der Waals surface area contributed by atoms with Crippen molar-refractivity contribution >= 4 is 23.4 Å². The number of hydrogen-bond acceptors (Lipinski definition) is 3. The van der Waals surface area contributed by atoms with Crippen molar-refractivity contribution in [3.63, 3.8) is 0 Å². The number of aryl methyl sites for hydroxylation is 1. The molecule has 0 radical (unpaired) electrons. The minimum Gasteiger partial charge on any atom is -0.314 e. The molecule has 0 aliphatic carbocycles. The van der Waals surface area contributed by atoms with Crippen LogP contribution in [0.15, 0.2) is 18.2 Å². The van der Waals surface area contributed by atoms with Crippen LogP contribution in [0.5, 0.6) is 0 Å². The highest BCUT2D eigenvalue weighted by molar-refractivity contribution is 8.03. The Morgan fingerprint density at radius 3 is 2.88 bits per heavy atom. The van der Waals surface area contributed by atoms with Gasteiger partial charge in [-0.15, -0.1) is 0 Å². The minimum absolute atomic E-state index is 0.0702. The molecule has 1 aromatic rings. The lowest BCUT2D eigenvalue weighted by molar-refractivity contribution is -0.121. The molecule has 1 aromatic carbocycles. The largest absolute Gasteiger partial charge is 0.314 e. The molecule has 3 nitrogen and oxygen atoms in total. The average molecular weight is 246 g/mol. The van der Waals surface area contributed by atoms with Crippen LogP contribution in [0.2, 0.25) is 0 Å². The van der Waals surface area contributed by atoms with Crippen LogP contribution < -0.4 is 4.90 Å². The molecule has 88 valence electrons. The number of rotatable bonds is 2. The molecule has 4 heteroatoms. The van der Waals surface area contributed by atoms with Gasteiger partial charge in [-0.05, 0) is 37.2 Å². The van der Waals surface area contributed by atoms with Crippen LogP contribution in [0.1, 0.15) is 18.1 Å². The molecule has 1 aliphatic rings. The fourth-order valence-corrected chi connectivity index (χ4v) is 2.93. The fraction of sp³-hybridized carbons (Fsp3) is 0.385. The standard InChI is InChI=1S/C13H14N2OS/c1-9-4-5-11-10(6-9)13(2,7-17-8-14)12(16)15(11)3/h4-6H,7H2,1-3H3. The van der Waals surface area contributed by atoms with E-state index >= 15 is 0 Å². The van der Waals surface area contributed by atoms with Gasteiger partial charge in [0.1, 0.15) is 5.40 Å². The monoisotopic (exact) mass is 246 g/mol. The van der Waals surface area contributed by atoms with Crippen molar-refractivity contribution in [2.75, 3.05) is 17.7 Å². The van der Waals surface area contributed by atoms with E-state index in [1.165, 1.54) is 0 Å². The van der Waals surface area contributed by atoms with Crippen LogP contribution in [-0.4, -0.2) is 18.7 Å². The summed E-state index contributed by atoms with van der Waals surface area (Å²) in [5.41, 5.74) is 2.56. The quantitative estimate of drug-likeness (QED) is 0.753. The Morgan fingerprint density at radius 1 is 1.53 bits per heavy atom. The highest BCUT2D eigenvalue weighted by Gasteiger charge is 2.45. The number of nitriles is 1. The normalized spacial score (nSPS) is 22.5. The fourth-order valence-electron chi connectivity index (χ4n) is 2.30. The zero-order valence-electron chi connectivity index (χ0n) is 10.2. The summed E-state index contributed by atoms with van der Waals surface area (Å²) >= 11 is 1.14. The van der Waals surface area contributed by atoms with Gasteiger partial charge in [0.2, 0.25) is 5.91 Å². The summed E-state index contributed by atoms with van der Waals surface area (Å²) in [6.07, 6.45) is 0. The Bertz CT molecular complexity index is 521. The van der Waals surface area contributed by atoms with Crippen molar-refractivity contribution in [3.8, 4) is 5.40 Å². The zero-order chi connectivity index (χ0) is 12.6. The SMILES string of the molecule is Cc1ccc2c(c1)C(C)(CSC#N)C(=O)N2C. The van der Waals surface area contributed by atoms with Gasteiger partial charge >= 0.3 is 0 Å². The summed E-state index contributed by atoms with van der Waals surface area (Å²) in [5.74, 6) is 0.573. The molecule has 1 atom stereocenters. The predicted molar refractivity (Wildman–Crippen MR) is 70.0 cm³/mol. The third-order valence-electron chi connectivity index (χ3n) is 3.31. The van der Waals surface area contributed by atoms with Crippen molar-refractivity contribution in [2.45, 2.75) is 19.3 Å². The number of nitrogens with zero attached hydrogens (tertiary/aromatic N) is 2. The highest BCUT2D eigenvalue weighted by atomic mass is 32.2. The molecule has 1 aliphatic heterocycles. The van der Waals surface area contributed by atoms with E-state index in [2.05, 4.69) is 6.07 Å². The van der Waals surface area contributed by atoms with Gasteiger partial charge in [-0.2, -0.15) is 5.26 Å². The number of hydrogen-bond donors (Lipinski definition) is 0.